The predicted octanol–water partition coefficient (Wildman–Crippen LogP) is 2.29. The zero-order valence-corrected chi connectivity index (χ0v) is 11.8. The first-order valence-corrected chi connectivity index (χ1v) is 7.04. The van der Waals surface area contributed by atoms with Crippen molar-refractivity contribution in [3.63, 3.8) is 0 Å². The number of para-hydroxylation sites is 1. The number of fused-ring (bicyclic) bond motifs is 1. The third kappa shape index (κ3) is 2.54. The second kappa shape index (κ2) is 5.63. The highest BCUT2D eigenvalue weighted by Gasteiger charge is 2.28. The third-order valence-electron chi connectivity index (χ3n) is 3.73. The molecule has 0 aliphatic carbocycles. The van der Waals surface area contributed by atoms with Gasteiger partial charge in [-0.3, -0.25) is 0 Å². The minimum absolute atomic E-state index is 0.288. The summed E-state index contributed by atoms with van der Waals surface area (Å²) in [6.45, 7) is 5.47. The van der Waals surface area contributed by atoms with Crippen molar-refractivity contribution < 1.29 is 9.15 Å². The van der Waals surface area contributed by atoms with Crippen LogP contribution in [0.25, 0.3) is 0 Å². The van der Waals surface area contributed by atoms with Crippen LogP contribution < -0.4 is 10.1 Å². The second-order valence-corrected chi connectivity index (χ2v) is 5.07. The molecule has 2 heterocycles. The Morgan fingerprint density at radius 1 is 1.30 bits per heavy atom. The topological polar surface area (TPSA) is 60.2 Å². The van der Waals surface area contributed by atoms with E-state index in [0.717, 1.165) is 18.8 Å². The zero-order chi connectivity index (χ0) is 13.9. The summed E-state index contributed by atoms with van der Waals surface area (Å²) in [5.74, 6) is 2.68. The summed E-state index contributed by atoms with van der Waals surface area (Å²) in [7, 11) is 0. The van der Waals surface area contributed by atoms with Gasteiger partial charge in [0.05, 0.1) is 13.2 Å². The van der Waals surface area contributed by atoms with Gasteiger partial charge in [0.1, 0.15) is 5.75 Å². The van der Waals surface area contributed by atoms with Gasteiger partial charge in [-0.25, -0.2) is 0 Å². The Morgan fingerprint density at radius 2 is 2.10 bits per heavy atom. The van der Waals surface area contributed by atoms with Gasteiger partial charge in [0.2, 0.25) is 11.8 Å². The lowest BCUT2D eigenvalue weighted by Gasteiger charge is -2.18. The molecule has 0 saturated heterocycles. The Kier molecular flexibility index (Phi) is 3.69. The standard InChI is InChI=1S/C15H19N3O2/c1-3-14-17-18-15(20-14)8-16-10(2)12-9-19-13-7-5-4-6-11(12)13/h4-7,10,12,16H,3,8-9H2,1-2H3/t10-,12+/m1/s1. The Bertz CT molecular complexity index is 582. The third-order valence-corrected chi connectivity index (χ3v) is 3.73. The van der Waals surface area contributed by atoms with Gasteiger partial charge in [0.25, 0.3) is 0 Å². The average Bonchev–Trinajstić information content (AvgIpc) is 3.11. The van der Waals surface area contributed by atoms with Crippen LogP contribution in [0, 0.1) is 0 Å². The molecule has 1 aliphatic heterocycles. The molecular formula is C15H19N3O2. The van der Waals surface area contributed by atoms with Gasteiger partial charge in [-0.15, -0.1) is 10.2 Å². The van der Waals surface area contributed by atoms with Crippen LogP contribution in [0.2, 0.25) is 0 Å². The van der Waals surface area contributed by atoms with Crippen molar-refractivity contribution in [1.29, 1.82) is 0 Å². The van der Waals surface area contributed by atoms with E-state index in [9.17, 15) is 0 Å². The largest absolute Gasteiger partial charge is 0.493 e. The van der Waals surface area contributed by atoms with E-state index >= 15 is 0 Å². The molecule has 5 nitrogen and oxygen atoms in total. The maximum absolute atomic E-state index is 5.71. The Balaban J connectivity index is 1.61. The van der Waals surface area contributed by atoms with Crippen LogP contribution in [0.1, 0.15) is 37.1 Å². The fourth-order valence-electron chi connectivity index (χ4n) is 2.49. The van der Waals surface area contributed by atoms with E-state index in [2.05, 4.69) is 34.6 Å². The van der Waals surface area contributed by atoms with Crippen LogP contribution >= 0.6 is 0 Å². The molecule has 0 amide bonds. The highest BCUT2D eigenvalue weighted by Crippen LogP contribution is 2.35. The predicted molar refractivity (Wildman–Crippen MR) is 74.7 cm³/mol. The molecule has 2 atom stereocenters. The van der Waals surface area contributed by atoms with E-state index in [-0.39, 0.29) is 6.04 Å². The number of nitrogens with one attached hydrogen (secondary N) is 1. The molecule has 1 aliphatic rings. The monoisotopic (exact) mass is 273 g/mol. The zero-order valence-electron chi connectivity index (χ0n) is 11.8. The summed E-state index contributed by atoms with van der Waals surface area (Å²) < 4.78 is 11.2. The van der Waals surface area contributed by atoms with Gasteiger partial charge in [-0.05, 0) is 13.0 Å². The van der Waals surface area contributed by atoms with Gasteiger partial charge in [-0.1, -0.05) is 25.1 Å². The molecule has 106 valence electrons. The number of aryl methyl sites for hydroxylation is 1. The Labute approximate surface area is 118 Å². The van der Waals surface area contributed by atoms with Crippen LogP contribution in [0.4, 0.5) is 0 Å². The molecule has 0 fully saturated rings. The Hall–Kier alpha value is -1.88. The van der Waals surface area contributed by atoms with Crippen molar-refractivity contribution in [2.75, 3.05) is 6.61 Å². The summed E-state index contributed by atoms with van der Waals surface area (Å²) in [4.78, 5) is 0. The molecule has 0 saturated carbocycles. The van der Waals surface area contributed by atoms with Gasteiger partial charge in [-0.2, -0.15) is 0 Å². The molecule has 2 aromatic rings. The fraction of sp³-hybridized carbons (Fsp3) is 0.467. The van der Waals surface area contributed by atoms with Crippen LogP contribution in [0.15, 0.2) is 28.7 Å². The summed E-state index contributed by atoms with van der Waals surface area (Å²) in [6.07, 6.45) is 0.770. The maximum atomic E-state index is 5.71. The van der Waals surface area contributed by atoms with E-state index < -0.39 is 0 Å². The van der Waals surface area contributed by atoms with Crippen molar-refractivity contribution in [2.45, 2.75) is 38.8 Å². The lowest BCUT2D eigenvalue weighted by Crippen LogP contribution is -2.32. The first kappa shape index (κ1) is 13.1. The lowest BCUT2D eigenvalue weighted by molar-refractivity contribution is 0.299. The number of rotatable bonds is 5. The molecule has 0 spiro atoms. The number of ether oxygens (including phenoxy) is 1. The molecule has 0 radical (unpaired) electrons. The van der Waals surface area contributed by atoms with Gasteiger partial charge >= 0.3 is 0 Å². The van der Waals surface area contributed by atoms with Crippen molar-refractivity contribution in [3.05, 3.63) is 41.6 Å². The van der Waals surface area contributed by atoms with Crippen molar-refractivity contribution in [2.24, 2.45) is 0 Å². The molecule has 20 heavy (non-hydrogen) atoms. The van der Waals surface area contributed by atoms with Gasteiger partial charge in [0, 0.05) is 23.9 Å². The van der Waals surface area contributed by atoms with Crippen molar-refractivity contribution >= 4 is 0 Å². The molecular weight excluding hydrogens is 254 g/mol. The number of benzene rings is 1. The highest BCUT2D eigenvalue weighted by atomic mass is 16.5. The average molecular weight is 273 g/mol. The molecule has 5 heteroatoms. The normalized spacial score (nSPS) is 18.6. The number of hydrogen-bond acceptors (Lipinski definition) is 5. The second-order valence-electron chi connectivity index (χ2n) is 5.07. The van der Waals surface area contributed by atoms with E-state index in [4.69, 9.17) is 9.15 Å². The molecule has 1 N–H and O–H groups in total. The summed E-state index contributed by atoms with van der Waals surface area (Å²) in [5.41, 5.74) is 1.27. The van der Waals surface area contributed by atoms with E-state index in [0.29, 0.717) is 24.2 Å². The molecule has 1 aromatic heterocycles. The fourth-order valence-corrected chi connectivity index (χ4v) is 2.49. The summed E-state index contributed by atoms with van der Waals surface area (Å²) >= 11 is 0. The smallest absolute Gasteiger partial charge is 0.230 e. The van der Waals surface area contributed by atoms with Crippen LogP contribution in [0.3, 0.4) is 0 Å². The minimum atomic E-state index is 0.288. The van der Waals surface area contributed by atoms with Gasteiger partial charge < -0.3 is 14.5 Å². The molecule has 0 bridgehead atoms. The first-order valence-electron chi connectivity index (χ1n) is 7.04. The minimum Gasteiger partial charge on any atom is -0.493 e. The molecule has 3 rings (SSSR count). The molecule has 1 aromatic carbocycles. The summed E-state index contributed by atoms with van der Waals surface area (Å²) in [6, 6.07) is 8.50. The van der Waals surface area contributed by atoms with Crippen LogP contribution in [0.5, 0.6) is 5.75 Å². The highest BCUT2D eigenvalue weighted by molar-refractivity contribution is 5.40. The quantitative estimate of drug-likeness (QED) is 0.905. The SMILES string of the molecule is CCc1nnc(CN[C@H](C)[C@@H]2COc3ccccc32)o1. The number of nitrogens with zero attached hydrogens (tertiary/aromatic N) is 2. The molecule has 0 unspecified atom stereocenters. The maximum Gasteiger partial charge on any atom is 0.230 e. The van der Waals surface area contributed by atoms with E-state index in [1.54, 1.807) is 0 Å². The van der Waals surface area contributed by atoms with Crippen LogP contribution in [-0.4, -0.2) is 22.8 Å². The van der Waals surface area contributed by atoms with E-state index in [1.807, 2.05) is 19.1 Å². The first-order chi connectivity index (χ1) is 9.78. The van der Waals surface area contributed by atoms with Gasteiger partial charge in [0.15, 0.2) is 0 Å². The number of hydrogen-bond donors (Lipinski definition) is 1. The van der Waals surface area contributed by atoms with Crippen LogP contribution in [-0.2, 0) is 13.0 Å². The lowest BCUT2D eigenvalue weighted by atomic mass is 9.94. The van der Waals surface area contributed by atoms with Crippen molar-refractivity contribution in [3.8, 4) is 5.75 Å². The van der Waals surface area contributed by atoms with Crippen molar-refractivity contribution in [1.82, 2.24) is 15.5 Å². The number of aromatic nitrogens is 2. The summed E-state index contributed by atoms with van der Waals surface area (Å²) in [5, 5.41) is 11.4. The Morgan fingerprint density at radius 3 is 2.90 bits per heavy atom. The van der Waals surface area contributed by atoms with E-state index in [1.165, 1.54) is 5.56 Å².